The summed E-state index contributed by atoms with van der Waals surface area (Å²) in [5, 5.41) is 3.18. The van der Waals surface area contributed by atoms with Crippen molar-refractivity contribution >= 4 is 28.4 Å². The third-order valence-electron chi connectivity index (χ3n) is 3.28. The number of benzene rings is 1. The quantitative estimate of drug-likeness (QED) is 0.800. The molecule has 4 heteroatoms. The molecule has 0 unspecified atom stereocenters. The first-order valence-corrected chi connectivity index (χ1v) is 7.96. The van der Waals surface area contributed by atoms with Crippen LogP contribution in [0.4, 0.5) is 5.82 Å². The van der Waals surface area contributed by atoms with Crippen molar-refractivity contribution in [2.45, 2.75) is 33.6 Å². The highest BCUT2D eigenvalue weighted by Gasteiger charge is 2.13. The van der Waals surface area contributed by atoms with Gasteiger partial charge in [0, 0.05) is 12.6 Å². The zero-order valence-electron chi connectivity index (χ0n) is 12.4. The van der Waals surface area contributed by atoms with Crippen molar-refractivity contribution in [1.29, 1.82) is 0 Å². The Morgan fingerprint density at radius 3 is 2.60 bits per heavy atom. The molecule has 0 saturated carbocycles. The maximum atomic E-state index is 4.78. The Morgan fingerprint density at radius 2 is 1.95 bits per heavy atom. The van der Waals surface area contributed by atoms with E-state index in [9.17, 15) is 0 Å². The van der Waals surface area contributed by atoms with Gasteiger partial charge < -0.3 is 5.32 Å². The summed E-state index contributed by atoms with van der Waals surface area (Å²) < 4.78 is 1.13. The van der Waals surface area contributed by atoms with Crippen molar-refractivity contribution in [3.05, 3.63) is 38.6 Å². The zero-order valence-corrected chi connectivity index (χ0v) is 14.6. The minimum absolute atomic E-state index is 0.819. The summed E-state index contributed by atoms with van der Waals surface area (Å²) >= 11 is 2.33. The van der Waals surface area contributed by atoms with Crippen LogP contribution in [0.1, 0.15) is 30.2 Å². The van der Waals surface area contributed by atoms with E-state index in [4.69, 9.17) is 4.98 Å². The average Bonchev–Trinajstić information content (AvgIpc) is 2.44. The van der Waals surface area contributed by atoms with Crippen molar-refractivity contribution in [3.63, 3.8) is 0 Å². The first-order chi connectivity index (χ1) is 9.56. The lowest BCUT2D eigenvalue weighted by Crippen LogP contribution is -2.06. The number of rotatable bonds is 4. The minimum Gasteiger partial charge on any atom is -0.372 e. The fraction of sp³-hybridized carbons (Fsp3) is 0.375. The molecule has 0 aliphatic heterocycles. The summed E-state index contributed by atoms with van der Waals surface area (Å²) in [6, 6.07) is 6.41. The lowest BCUT2D eigenvalue weighted by atomic mass is 10.0. The molecule has 0 bridgehead atoms. The second-order valence-corrected chi connectivity index (χ2v) is 6.05. The van der Waals surface area contributed by atoms with Crippen molar-refractivity contribution in [2.24, 2.45) is 0 Å². The molecule has 0 amide bonds. The van der Waals surface area contributed by atoms with Gasteiger partial charge in [-0.05, 0) is 54.5 Å². The highest BCUT2D eigenvalue weighted by molar-refractivity contribution is 14.1. The van der Waals surface area contributed by atoms with Crippen molar-refractivity contribution < 1.29 is 0 Å². The Balaban J connectivity index is 2.61. The smallest absolute Gasteiger partial charge is 0.162 e. The Kier molecular flexibility index (Phi) is 4.96. The molecule has 2 rings (SSSR count). The molecule has 1 N–H and O–H groups in total. The molecule has 2 aromatic rings. The second kappa shape index (κ2) is 6.52. The zero-order chi connectivity index (χ0) is 14.7. The first kappa shape index (κ1) is 15.2. The van der Waals surface area contributed by atoms with E-state index in [-0.39, 0.29) is 0 Å². The van der Waals surface area contributed by atoms with Crippen LogP contribution in [0.3, 0.4) is 0 Å². The summed E-state index contributed by atoms with van der Waals surface area (Å²) in [6.07, 6.45) is 2.07. The number of anilines is 1. The van der Waals surface area contributed by atoms with E-state index in [1.54, 1.807) is 0 Å². The van der Waals surface area contributed by atoms with Gasteiger partial charge in [-0.15, -0.1) is 0 Å². The van der Waals surface area contributed by atoms with Crippen LogP contribution in [-0.4, -0.2) is 17.0 Å². The molecule has 0 fully saturated rings. The van der Waals surface area contributed by atoms with E-state index in [0.717, 1.165) is 39.3 Å². The van der Waals surface area contributed by atoms with E-state index < -0.39 is 0 Å². The molecule has 0 atom stereocenters. The standard InChI is InChI=1S/C16H20IN3/c1-5-6-13-14(17)16(18-4)20-15(19-13)12-9-10(2)7-8-11(12)3/h7-9H,5-6H2,1-4H3,(H,18,19,20). The minimum atomic E-state index is 0.819. The molecule has 0 aliphatic rings. The molecule has 3 nitrogen and oxygen atoms in total. The van der Waals surface area contributed by atoms with Crippen LogP contribution < -0.4 is 5.32 Å². The number of hydrogen-bond acceptors (Lipinski definition) is 3. The molecule has 106 valence electrons. The number of aromatic nitrogens is 2. The molecule has 1 aromatic heterocycles. The molecule has 1 aromatic carbocycles. The summed E-state index contributed by atoms with van der Waals surface area (Å²) in [7, 11) is 1.91. The molecule has 0 aliphatic carbocycles. The van der Waals surface area contributed by atoms with Crippen molar-refractivity contribution in [1.82, 2.24) is 9.97 Å². The Morgan fingerprint density at radius 1 is 1.20 bits per heavy atom. The third-order valence-corrected chi connectivity index (χ3v) is 4.41. The van der Waals surface area contributed by atoms with Crippen LogP contribution in [0, 0.1) is 17.4 Å². The van der Waals surface area contributed by atoms with Gasteiger partial charge in [-0.2, -0.15) is 0 Å². The number of halogens is 1. The summed E-state index contributed by atoms with van der Waals surface area (Å²) in [5.74, 6) is 1.74. The van der Waals surface area contributed by atoms with E-state index in [2.05, 4.69) is 71.9 Å². The molecule has 20 heavy (non-hydrogen) atoms. The van der Waals surface area contributed by atoms with Gasteiger partial charge in [-0.1, -0.05) is 31.0 Å². The monoisotopic (exact) mass is 381 g/mol. The van der Waals surface area contributed by atoms with Crippen LogP contribution in [0.25, 0.3) is 11.4 Å². The summed E-state index contributed by atoms with van der Waals surface area (Å²) in [4.78, 5) is 9.46. The average molecular weight is 381 g/mol. The lowest BCUT2D eigenvalue weighted by molar-refractivity contribution is 0.867. The predicted molar refractivity (Wildman–Crippen MR) is 93.2 cm³/mol. The van der Waals surface area contributed by atoms with E-state index in [1.807, 2.05) is 7.05 Å². The fourth-order valence-electron chi connectivity index (χ4n) is 2.16. The third kappa shape index (κ3) is 3.11. The van der Waals surface area contributed by atoms with Gasteiger partial charge in [-0.25, -0.2) is 9.97 Å². The fourth-order valence-corrected chi connectivity index (χ4v) is 2.94. The van der Waals surface area contributed by atoms with Crippen LogP contribution in [0.15, 0.2) is 18.2 Å². The van der Waals surface area contributed by atoms with Crippen LogP contribution in [-0.2, 0) is 6.42 Å². The molecule has 0 spiro atoms. The molecular weight excluding hydrogens is 361 g/mol. The van der Waals surface area contributed by atoms with Gasteiger partial charge in [0.15, 0.2) is 5.82 Å². The Bertz CT molecular complexity index is 623. The van der Waals surface area contributed by atoms with E-state index in [1.165, 1.54) is 11.1 Å². The van der Waals surface area contributed by atoms with Gasteiger partial charge >= 0.3 is 0 Å². The van der Waals surface area contributed by atoms with Gasteiger partial charge in [-0.3, -0.25) is 0 Å². The predicted octanol–water partition coefficient (Wildman–Crippen LogP) is 4.36. The summed E-state index contributed by atoms with van der Waals surface area (Å²) in [6.45, 7) is 6.38. The van der Waals surface area contributed by atoms with Crippen LogP contribution in [0.5, 0.6) is 0 Å². The SMILES string of the molecule is CCCc1nc(-c2cc(C)ccc2C)nc(NC)c1I. The van der Waals surface area contributed by atoms with Gasteiger partial charge in [0.2, 0.25) is 0 Å². The van der Waals surface area contributed by atoms with Crippen molar-refractivity contribution in [2.75, 3.05) is 12.4 Å². The van der Waals surface area contributed by atoms with Crippen molar-refractivity contribution in [3.8, 4) is 11.4 Å². The number of nitrogens with one attached hydrogen (secondary N) is 1. The van der Waals surface area contributed by atoms with Gasteiger partial charge in [0.05, 0.1) is 9.26 Å². The van der Waals surface area contributed by atoms with Gasteiger partial charge in [0.25, 0.3) is 0 Å². The van der Waals surface area contributed by atoms with E-state index in [0.29, 0.717) is 0 Å². The number of aryl methyl sites for hydroxylation is 3. The first-order valence-electron chi connectivity index (χ1n) is 6.88. The molecular formula is C16H20IN3. The van der Waals surface area contributed by atoms with Crippen LogP contribution in [0.2, 0.25) is 0 Å². The molecule has 0 radical (unpaired) electrons. The maximum Gasteiger partial charge on any atom is 0.162 e. The topological polar surface area (TPSA) is 37.8 Å². The van der Waals surface area contributed by atoms with E-state index >= 15 is 0 Å². The number of nitrogens with zero attached hydrogens (tertiary/aromatic N) is 2. The molecule has 0 saturated heterocycles. The highest BCUT2D eigenvalue weighted by atomic mass is 127. The highest BCUT2D eigenvalue weighted by Crippen LogP contribution is 2.27. The Labute approximate surface area is 134 Å². The number of hydrogen-bond donors (Lipinski definition) is 1. The summed E-state index contributed by atoms with van der Waals surface area (Å²) in [5.41, 5.74) is 4.69. The lowest BCUT2D eigenvalue weighted by Gasteiger charge is -2.12. The van der Waals surface area contributed by atoms with Gasteiger partial charge in [0.1, 0.15) is 5.82 Å². The largest absolute Gasteiger partial charge is 0.372 e. The molecule has 1 heterocycles. The normalized spacial score (nSPS) is 10.7. The second-order valence-electron chi connectivity index (χ2n) is 4.97. The Hall–Kier alpha value is -1.17. The maximum absolute atomic E-state index is 4.78. The van der Waals surface area contributed by atoms with Crippen LogP contribution >= 0.6 is 22.6 Å².